The monoisotopic (exact) mass is 397 g/mol. The summed E-state index contributed by atoms with van der Waals surface area (Å²) < 4.78 is 4.25. The van der Waals surface area contributed by atoms with Crippen LogP contribution in [-0.2, 0) is 17.6 Å². The molecule has 1 heterocycles. The first-order valence-electron chi connectivity index (χ1n) is 11.1. The van der Waals surface area contributed by atoms with E-state index in [2.05, 4.69) is 67.9 Å². The summed E-state index contributed by atoms with van der Waals surface area (Å²) in [7, 11) is 3.25. The molecule has 0 fully saturated rings. The lowest BCUT2D eigenvalue weighted by Gasteiger charge is -2.11. The number of aromatic nitrogens is 1. The van der Waals surface area contributed by atoms with Gasteiger partial charge in [0.25, 0.3) is 0 Å². The summed E-state index contributed by atoms with van der Waals surface area (Å²) in [5.74, 6) is 0. The van der Waals surface area contributed by atoms with Gasteiger partial charge in [-0.05, 0) is 55.9 Å². The Hall–Kier alpha value is -2.06. The van der Waals surface area contributed by atoms with Gasteiger partial charge in [0.05, 0.1) is 0 Å². The fraction of sp³-hybridized carbons (Fsp3) is 0.481. The van der Waals surface area contributed by atoms with Crippen LogP contribution in [0.2, 0.25) is 0 Å². The number of nitrogens with one attached hydrogen (secondary N) is 1. The Morgan fingerprint density at radius 3 is 2.00 bits per heavy atom. The summed E-state index contributed by atoms with van der Waals surface area (Å²) in [4.78, 5) is 3.37. The van der Waals surface area contributed by atoms with Crippen molar-refractivity contribution in [3.8, 4) is 0 Å². The Balaban J connectivity index is 0.000000541. The van der Waals surface area contributed by atoms with Gasteiger partial charge in [-0.1, -0.05) is 82.5 Å². The summed E-state index contributed by atoms with van der Waals surface area (Å²) >= 11 is 0. The summed E-state index contributed by atoms with van der Waals surface area (Å²) in [6, 6.07) is 14.9. The molecule has 2 heteroatoms. The number of aromatic amines is 1. The van der Waals surface area contributed by atoms with Crippen molar-refractivity contribution >= 4 is 10.9 Å². The van der Waals surface area contributed by atoms with E-state index in [1.165, 1.54) is 53.3 Å². The van der Waals surface area contributed by atoms with Gasteiger partial charge >= 0.3 is 0 Å². The number of H-pyrrole nitrogens is 1. The highest BCUT2D eigenvalue weighted by Crippen LogP contribution is 2.27. The van der Waals surface area contributed by atoms with Crippen LogP contribution >= 0.6 is 0 Å². The molecule has 0 saturated heterocycles. The molecule has 3 aromatic rings. The number of fused-ring (bicyclic) bond motifs is 1. The first kappa shape index (κ1) is 26.9. The molecule has 0 bridgehead atoms. The quantitative estimate of drug-likeness (QED) is 0.433. The van der Waals surface area contributed by atoms with Crippen molar-refractivity contribution in [3.05, 3.63) is 70.9 Å². The molecule has 0 aliphatic heterocycles. The second-order valence-corrected chi connectivity index (χ2v) is 6.97. The molecular weight excluding hydrogens is 354 g/mol. The predicted molar refractivity (Wildman–Crippen MR) is 131 cm³/mol. The average molecular weight is 398 g/mol. The van der Waals surface area contributed by atoms with Crippen LogP contribution in [0.15, 0.2) is 48.7 Å². The molecule has 1 aromatic heterocycles. The molecule has 162 valence electrons. The smallest absolute Gasteiger partial charge is 0.0486 e. The van der Waals surface area contributed by atoms with Gasteiger partial charge in [0.15, 0.2) is 0 Å². The van der Waals surface area contributed by atoms with Crippen LogP contribution in [-0.4, -0.2) is 19.2 Å². The van der Waals surface area contributed by atoms with E-state index in [1.54, 1.807) is 19.8 Å². The maximum Gasteiger partial charge on any atom is 0.0486 e. The van der Waals surface area contributed by atoms with Gasteiger partial charge in [-0.3, -0.25) is 0 Å². The molecule has 29 heavy (non-hydrogen) atoms. The largest absolute Gasteiger partial charge is 0.388 e. The number of unbranched alkanes of at least 4 members (excludes halogenated alkanes) is 2. The van der Waals surface area contributed by atoms with Crippen molar-refractivity contribution in [2.45, 2.75) is 73.6 Å². The van der Waals surface area contributed by atoms with Gasteiger partial charge in [0.2, 0.25) is 0 Å². The zero-order chi connectivity index (χ0) is 22.1. The van der Waals surface area contributed by atoms with Crippen molar-refractivity contribution in [1.82, 2.24) is 4.98 Å². The van der Waals surface area contributed by atoms with Crippen LogP contribution in [0.3, 0.4) is 0 Å². The number of hydrogen-bond donors (Lipinski definition) is 1. The fourth-order valence-electron chi connectivity index (χ4n) is 3.24. The molecule has 0 radical (unpaired) electrons. The van der Waals surface area contributed by atoms with E-state index < -0.39 is 0 Å². The molecule has 0 aliphatic carbocycles. The second-order valence-electron chi connectivity index (χ2n) is 6.97. The Labute approximate surface area is 179 Å². The Kier molecular flexibility index (Phi) is 15.7. The van der Waals surface area contributed by atoms with Gasteiger partial charge in [-0.15, -0.1) is 0 Å². The third kappa shape index (κ3) is 9.80. The van der Waals surface area contributed by atoms with Gasteiger partial charge in [0.1, 0.15) is 0 Å². The maximum atomic E-state index is 4.25. The van der Waals surface area contributed by atoms with E-state index in [9.17, 15) is 0 Å². The number of aryl methyl sites for hydroxylation is 4. The van der Waals surface area contributed by atoms with E-state index in [4.69, 9.17) is 0 Å². The molecule has 0 unspecified atom stereocenters. The molecule has 3 rings (SSSR count). The van der Waals surface area contributed by atoms with Gasteiger partial charge in [-0.2, -0.15) is 0 Å². The number of hydrogen-bond acceptors (Lipinski definition) is 1. The van der Waals surface area contributed by atoms with Crippen LogP contribution in [0.1, 0.15) is 69.2 Å². The summed E-state index contributed by atoms with van der Waals surface area (Å²) in [6.45, 7) is 12.8. The van der Waals surface area contributed by atoms with Gasteiger partial charge in [0, 0.05) is 31.3 Å². The first-order valence-corrected chi connectivity index (χ1v) is 11.1. The molecule has 0 spiro atoms. The van der Waals surface area contributed by atoms with Crippen LogP contribution in [0.25, 0.3) is 10.9 Å². The van der Waals surface area contributed by atoms with Crippen molar-refractivity contribution in [3.63, 3.8) is 0 Å². The average Bonchev–Trinajstić information content (AvgIpc) is 3.23. The number of ether oxygens (including phenoxy) is 1. The lowest BCUT2D eigenvalue weighted by Crippen LogP contribution is -1.96. The van der Waals surface area contributed by atoms with Crippen LogP contribution in [0.5, 0.6) is 0 Å². The Morgan fingerprint density at radius 1 is 0.897 bits per heavy atom. The minimum atomic E-state index is 1.14. The summed E-state index contributed by atoms with van der Waals surface area (Å²) in [6.07, 6.45) is 8.38. The molecule has 2 aromatic carbocycles. The lowest BCUT2D eigenvalue weighted by molar-refractivity contribution is 0.277. The van der Waals surface area contributed by atoms with Gasteiger partial charge < -0.3 is 9.72 Å². The van der Waals surface area contributed by atoms with Crippen LogP contribution in [0, 0.1) is 13.8 Å². The zero-order valence-electron chi connectivity index (χ0n) is 20.1. The van der Waals surface area contributed by atoms with E-state index in [-0.39, 0.29) is 0 Å². The van der Waals surface area contributed by atoms with E-state index >= 15 is 0 Å². The number of methoxy groups -OCH3 is 1. The molecule has 0 amide bonds. The predicted octanol–water partition coefficient (Wildman–Crippen LogP) is 8.06. The third-order valence-corrected chi connectivity index (χ3v) is 4.60. The lowest BCUT2D eigenvalue weighted by atomic mass is 9.94. The van der Waals surface area contributed by atoms with E-state index in [0.717, 1.165) is 6.42 Å². The van der Waals surface area contributed by atoms with E-state index in [1.807, 2.05) is 32.0 Å². The standard InChI is InChI=1S/C16H23N.C7H8.C2H6O.C2H6/c1-4-6-7-8-14-13(5-2)11-12(3)16-15(14)9-10-17-16;1-7-5-3-2-4-6-7;1-3-2;1-2/h9-11,17H,4-8H2,1-3H3;2-6H,1H3;1-2H3;1-2H3. The number of rotatable bonds is 5. The molecular formula is C27H43NO. The second kappa shape index (κ2) is 16.9. The van der Waals surface area contributed by atoms with Crippen molar-refractivity contribution < 1.29 is 4.74 Å². The zero-order valence-corrected chi connectivity index (χ0v) is 20.1. The highest BCUT2D eigenvalue weighted by Gasteiger charge is 2.09. The molecule has 0 saturated carbocycles. The Bertz CT molecular complexity index is 759. The minimum absolute atomic E-state index is 1.14. The summed E-state index contributed by atoms with van der Waals surface area (Å²) in [5.41, 5.74) is 7.13. The van der Waals surface area contributed by atoms with Gasteiger partial charge in [-0.25, -0.2) is 0 Å². The molecule has 1 N–H and O–H groups in total. The van der Waals surface area contributed by atoms with Crippen molar-refractivity contribution in [2.24, 2.45) is 0 Å². The maximum absolute atomic E-state index is 4.25. The fourth-order valence-corrected chi connectivity index (χ4v) is 3.24. The molecule has 0 atom stereocenters. The third-order valence-electron chi connectivity index (χ3n) is 4.60. The van der Waals surface area contributed by atoms with Crippen LogP contribution < -0.4 is 0 Å². The SMILES string of the molecule is CC.CCCCCc1c(CC)cc(C)c2[nH]ccc12.COC.Cc1ccccc1. The summed E-state index contributed by atoms with van der Waals surface area (Å²) in [5, 5.41) is 1.44. The normalized spacial score (nSPS) is 9.52. The number of benzene rings is 2. The van der Waals surface area contributed by atoms with Crippen molar-refractivity contribution in [2.75, 3.05) is 14.2 Å². The Morgan fingerprint density at radius 2 is 1.52 bits per heavy atom. The van der Waals surface area contributed by atoms with Crippen molar-refractivity contribution in [1.29, 1.82) is 0 Å². The minimum Gasteiger partial charge on any atom is -0.388 e. The molecule has 2 nitrogen and oxygen atoms in total. The molecule has 0 aliphatic rings. The topological polar surface area (TPSA) is 25.0 Å². The highest BCUT2D eigenvalue weighted by molar-refractivity contribution is 5.87. The van der Waals surface area contributed by atoms with E-state index in [0.29, 0.717) is 0 Å². The van der Waals surface area contributed by atoms with Crippen LogP contribution in [0.4, 0.5) is 0 Å². The highest BCUT2D eigenvalue weighted by atomic mass is 16.4. The first-order chi connectivity index (χ1) is 14.1.